The van der Waals surface area contributed by atoms with Crippen molar-refractivity contribution >= 4 is 16.9 Å². The number of nitrogens with one attached hydrogen (secondary N) is 1. The van der Waals surface area contributed by atoms with Gasteiger partial charge in [0.05, 0.1) is 25.8 Å². The highest BCUT2D eigenvalue weighted by Gasteiger charge is 2.17. The molecule has 1 N–H and O–H groups in total. The molecule has 1 aromatic heterocycles. The first kappa shape index (κ1) is 20.0. The van der Waals surface area contributed by atoms with Crippen LogP contribution in [0.3, 0.4) is 0 Å². The summed E-state index contributed by atoms with van der Waals surface area (Å²) in [5.74, 6) is 0.793. The van der Waals surface area contributed by atoms with E-state index in [-0.39, 0.29) is 11.9 Å². The minimum Gasteiger partial charge on any atom is -0.497 e. The summed E-state index contributed by atoms with van der Waals surface area (Å²) in [6, 6.07) is 12.1. The molecule has 1 atom stereocenters. The lowest BCUT2D eigenvalue weighted by Crippen LogP contribution is -2.35. The highest BCUT2D eigenvalue weighted by atomic mass is 16.5. The minimum absolute atomic E-state index is 0.0179. The van der Waals surface area contributed by atoms with Gasteiger partial charge in [0.15, 0.2) is 0 Å². The maximum atomic E-state index is 12.6. The van der Waals surface area contributed by atoms with E-state index in [1.165, 1.54) is 5.56 Å². The molecule has 0 aliphatic heterocycles. The Morgan fingerprint density at radius 2 is 2.00 bits per heavy atom. The Morgan fingerprint density at radius 1 is 1.21 bits per heavy atom. The zero-order valence-electron chi connectivity index (χ0n) is 17.2. The maximum Gasteiger partial charge on any atom is 0.224 e. The van der Waals surface area contributed by atoms with Crippen molar-refractivity contribution in [2.24, 2.45) is 0 Å². The molecule has 1 heterocycles. The third-order valence-electron chi connectivity index (χ3n) is 5.29. The Hall–Kier alpha value is -2.79. The van der Waals surface area contributed by atoms with Gasteiger partial charge < -0.3 is 19.4 Å². The van der Waals surface area contributed by atoms with Gasteiger partial charge in [-0.3, -0.25) is 4.79 Å². The molecule has 2 aromatic carbocycles. The first-order valence-corrected chi connectivity index (χ1v) is 9.44. The van der Waals surface area contributed by atoms with E-state index >= 15 is 0 Å². The molecule has 3 rings (SSSR count). The number of carbonyl (C=O) groups excluding carboxylic acids is 1. The number of nitrogens with zero attached hydrogens (tertiary/aromatic N) is 1. The Labute approximate surface area is 166 Å². The van der Waals surface area contributed by atoms with Gasteiger partial charge in [0.2, 0.25) is 5.91 Å². The molecule has 28 heavy (non-hydrogen) atoms. The van der Waals surface area contributed by atoms with Crippen LogP contribution in [0.1, 0.15) is 28.3 Å². The number of hydrogen-bond donors (Lipinski definition) is 1. The number of aryl methyl sites for hydroxylation is 2. The first-order valence-electron chi connectivity index (χ1n) is 9.44. The van der Waals surface area contributed by atoms with Gasteiger partial charge in [-0.1, -0.05) is 24.3 Å². The van der Waals surface area contributed by atoms with Crippen molar-refractivity contribution in [3.8, 4) is 5.75 Å². The van der Waals surface area contributed by atoms with Crippen molar-refractivity contribution in [2.45, 2.75) is 26.3 Å². The number of ether oxygens (including phenoxy) is 1. The smallest absolute Gasteiger partial charge is 0.224 e. The van der Waals surface area contributed by atoms with Crippen LogP contribution in [0.2, 0.25) is 0 Å². The highest BCUT2D eigenvalue weighted by molar-refractivity contribution is 5.89. The molecule has 148 valence electrons. The number of rotatable bonds is 7. The van der Waals surface area contributed by atoms with Crippen LogP contribution in [0, 0.1) is 13.8 Å². The van der Waals surface area contributed by atoms with E-state index in [1.54, 1.807) is 13.4 Å². The fraction of sp³-hybridized carbons (Fsp3) is 0.348. The second-order valence-electron chi connectivity index (χ2n) is 7.38. The highest BCUT2D eigenvalue weighted by Crippen LogP contribution is 2.27. The van der Waals surface area contributed by atoms with Gasteiger partial charge in [0.1, 0.15) is 11.3 Å². The summed E-state index contributed by atoms with van der Waals surface area (Å²) >= 11 is 0. The maximum absolute atomic E-state index is 12.6. The van der Waals surface area contributed by atoms with Crippen LogP contribution in [0.15, 0.2) is 47.1 Å². The number of likely N-dealkylation sites (N-methyl/N-ethyl adjacent to an activating group) is 1. The summed E-state index contributed by atoms with van der Waals surface area (Å²) in [5, 5.41) is 4.08. The van der Waals surface area contributed by atoms with Crippen LogP contribution in [-0.2, 0) is 11.2 Å². The van der Waals surface area contributed by atoms with E-state index in [0.717, 1.165) is 33.4 Å². The summed E-state index contributed by atoms with van der Waals surface area (Å²) in [5.41, 5.74) is 5.19. The van der Waals surface area contributed by atoms with Crippen LogP contribution in [0.25, 0.3) is 11.0 Å². The second kappa shape index (κ2) is 8.48. The standard InChI is InChI=1S/C23H28N2O3/c1-15-9-10-20-18(14-28-23(20)16(15)2)12-22(26)24-13-21(25(3)4)17-7-6-8-19(11-17)27-5/h6-11,14,21H,12-13H2,1-5H3,(H,24,26). The normalized spacial score (nSPS) is 12.4. The molecule has 0 aliphatic carbocycles. The first-order chi connectivity index (χ1) is 13.4. The van der Waals surface area contributed by atoms with Crippen molar-refractivity contribution in [1.29, 1.82) is 0 Å². The summed E-state index contributed by atoms with van der Waals surface area (Å²) in [6.07, 6.45) is 2.00. The van der Waals surface area contributed by atoms with Crippen molar-refractivity contribution < 1.29 is 13.9 Å². The van der Waals surface area contributed by atoms with Gasteiger partial charge in [0, 0.05) is 17.5 Å². The van der Waals surface area contributed by atoms with Crippen LogP contribution in [0.4, 0.5) is 0 Å². The molecule has 0 aliphatic rings. The lowest BCUT2D eigenvalue weighted by molar-refractivity contribution is -0.120. The Balaban J connectivity index is 1.69. The fourth-order valence-electron chi connectivity index (χ4n) is 3.42. The SMILES string of the molecule is COc1cccc(C(CNC(=O)Cc2coc3c(C)c(C)ccc23)N(C)C)c1. The fourth-order valence-corrected chi connectivity index (χ4v) is 3.42. The van der Waals surface area contributed by atoms with Crippen molar-refractivity contribution in [3.05, 3.63) is 64.9 Å². The number of furan rings is 1. The molecule has 0 saturated heterocycles. The van der Waals surface area contributed by atoms with Crippen LogP contribution in [-0.4, -0.2) is 38.6 Å². The number of methoxy groups -OCH3 is 1. The lowest BCUT2D eigenvalue weighted by atomic mass is 10.0. The van der Waals surface area contributed by atoms with Crippen LogP contribution in [0.5, 0.6) is 5.75 Å². The topological polar surface area (TPSA) is 54.7 Å². The molecule has 0 bridgehead atoms. The Bertz CT molecular complexity index is 975. The molecule has 0 spiro atoms. The van der Waals surface area contributed by atoms with Gasteiger partial charge in [-0.15, -0.1) is 0 Å². The predicted octanol–water partition coefficient (Wildman–Crippen LogP) is 4.02. The van der Waals surface area contributed by atoms with Crippen molar-refractivity contribution in [2.75, 3.05) is 27.7 Å². The quantitative estimate of drug-likeness (QED) is 0.673. The monoisotopic (exact) mass is 380 g/mol. The third-order valence-corrected chi connectivity index (χ3v) is 5.29. The lowest BCUT2D eigenvalue weighted by Gasteiger charge is -2.25. The van der Waals surface area contributed by atoms with Crippen molar-refractivity contribution in [1.82, 2.24) is 10.2 Å². The average molecular weight is 380 g/mol. The third kappa shape index (κ3) is 4.20. The zero-order chi connectivity index (χ0) is 20.3. The van der Waals surface area contributed by atoms with E-state index in [0.29, 0.717) is 13.0 Å². The van der Waals surface area contributed by atoms with Crippen LogP contribution >= 0.6 is 0 Å². The molecule has 1 unspecified atom stereocenters. The molecule has 3 aromatic rings. The summed E-state index contributed by atoms with van der Waals surface area (Å²) in [4.78, 5) is 14.7. The largest absolute Gasteiger partial charge is 0.497 e. The summed E-state index contributed by atoms with van der Waals surface area (Å²) in [7, 11) is 5.67. The summed E-state index contributed by atoms with van der Waals surface area (Å²) in [6.45, 7) is 4.62. The molecule has 0 saturated carbocycles. The molecular weight excluding hydrogens is 352 g/mol. The van der Waals surface area contributed by atoms with E-state index < -0.39 is 0 Å². The van der Waals surface area contributed by atoms with E-state index in [4.69, 9.17) is 9.15 Å². The van der Waals surface area contributed by atoms with E-state index in [1.807, 2.05) is 51.4 Å². The Morgan fingerprint density at radius 3 is 2.71 bits per heavy atom. The van der Waals surface area contributed by atoms with Crippen molar-refractivity contribution in [3.63, 3.8) is 0 Å². The molecule has 0 radical (unpaired) electrons. The molecular formula is C23H28N2O3. The van der Waals surface area contributed by atoms with Gasteiger partial charge in [0.25, 0.3) is 0 Å². The minimum atomic E-state index is -0.0179. The zero-order valence-corrected chi connectivity index (χ0v) is 17.2. The summed E-state index contributed by atoms with van der Waals surface area (Å²) < 4.78 is 11.0. The second-order valence-corrected chi connectivity index (χ2v) is 7.38. The number of fused-ring (bicyclic) bond motifs is 1. The predicted molar refractivity (Wildman–Crippen MR) is 112 cm³/mol. The Kier molecular flexibility index (Phi) is 6.05. The number of carbonyl (C=O) groups is 1. The number of hydrogen-bond acceptors (Lipinski definition) is 4. The molecule has 0 fully saturated rings. The van der Waals surface area contributed by atoms with Gasteiger partial charge in [-0.2, -0.15) is 0 Å². The van der Waals surface area contributed by atoms with Gasteiger partial charge >= 0.3 is 0 Å². The average Bonchev–Trinajstić information content (AvgIpc) is 3.08. The van der Waals surface area contributed by atoms with Gasteiger partial charge in [-0.25, -0.2) is 0 Å². The van der Waals surface area contributed by atoms with E-state index in [2.05, 4.69) is 23.2 Å². The number of benzene rings is 2. The van der Waals surface area contributed by atoms with Crippen LogP contribution < -0.4 is 10.1 Å². The molecule has 5 nitrogen and oxygen atoms in total. The molecule has 1 amide bonds. The number of amides is 1. The van der Waals surface area contributed by atoms with E-state index in [9.17, 15) is 4.79 Å². The van der Waals surface area contributed by atoms with Gasteiger partial charge in [-0.05, 0) is 56.8 Å². The molecule has 5 heteroatoms.